The first-order chi connectivity index (χ1) is 7.04. The molecule has 1 amide bonds. The molecular weight excluding hydrogens is 192 g/mol. The molecule has 1 rings (SSSR count). The Bertz CT molecular complexity index is 364. The first-order valence-corrected chi connectivity index (χ1v) is 4.79. The van der Waals surface area contributed by atoms with E-state index in [1.54, 1.807) is 6.92 Å². The van der Waals surface area contributed by atoms with Gasteiger partial charge >= 0.3 is 0 Å². The number of carbonyl (C=O) groups is 1. The fraction of sp³-hybridized carbons (Fsp3) is 0.364. The minimum Gasteiger partial charge on any atom is -0.481 e. The standard InChI is InChI=1S/C11H16N2O2/c1-7-4-5-10(8(2)6-7)15-9(3)11(14)13-12/h4-6,9H,12H2,1-3H3,(H,13,14)/t9-/m1/s1. The van der Waals surface area contributed by atoms with E-state index in [4.69, 9.17) is 10.6 Å². The van der Waals surface area contributed by atoms with E-state index in [0.717, 1.165) is 11.1 Å². The largest absolute Gasteiger partial charge is 0.481 e. The molecule has 82 valence electrons. The third-order valence-electron chi connectivity index (χ3n) is 2.15. The Morgan fingerprint density at radius 1 is 1.47 bits per heavy atom. The van der Waals surface area contributed by atoms with Crippen LogP contribution < -0.4 is 16.0 Å². The first-order valence-electron chi connectivity index (χ1n) is 4.79. The predicted molar refractivity (Wildman–Crippen MR) is 58.3 cm³/mol. The zero-order chi connectivity index (χ0) is 11.4. The Hall–Kier alpha value is -1.55. The number of aryl methyl sites for hydroxylation is 2. The third kappa shape index (κ3) is 2.95. The van der Waals surface area contributed by atoms with Crippen LogP contribution in [0.5, 0.6) is 5.75 Å². The Balaban J connectivity index is 2.76. The summed E-state index contributed by atoms with van der Waals surface area (Å²) in [5, 5.41) is 0. The molecular formula is C11H16N2O2. The molecule has 0 saturated carbocycles. The van der Waals surface area contributed by atoms with Crippen molar-refractivity contribution in [3.05, 3.63) is 29.3 Å². The number of amides is 1. The average molecular weight is 208 g/mol. The average Bonchev–Trinajstić information content (AvgIpc) is 2.20. The fourth-order valence-corrected chi connectivity index (χ4v) is 1.29. The van der Waals surface area contributed by atoms with Crippen molar-refractivity contribution in [1.29, 1.82) is 0 Å². The summed E-state index contributed by atoms with van der Waals surface area (Å²) in [5.41, 5.74) is 4.22. The van der Waals surface area contributed by atoms with Crippen LogP contribution in [0.25, 0.3) is 0 Å². The van der Waals surface area contributed by atoms with Gasteiger partial charge in [-0.3, -0.25) is 10.2 Å². The summed E-state index contributed by atoms with van der Waals surface area (Å²) in [5.74, 6) is 5.38. The minimum absolute atomic E-state index is 0.338. The highest BCUT2D eigenvalue weighted by molar-refractivity contribution is 5.80. The van der Waals surface area contributed by atoms with Gasteiger partial charge in [0.15, 0.2) is 6.10 Å². The number of benzene rings is 1. The second-order valence-corrected chi connectivity index (χ2v) is 3.54. The van der Waals surface area contributed by atoms with Crippen molar-refractivity contribution in [2.24, 2.45) is 5.84 Å². The molecule has 0 fully saturated rings. The van der Waals surface area contributed by atoms with Gasteiger partial charge in [0.25, 0.3) is 5.91 Å². The van der Waals surface area contributed by atoms with Gasteiger partial charge in [0.05, 0.1) is 0 Å². The molecule has 4 heteroatoms. The molecule has 1 aromatic carbocycles. The van der Waals surface area contributed by atoms with Crippen LogP contribution in [0.3, 0.4) is 0 Å². The van der Waals surface area contributed by atoms with Crippen LogP contribution in [-0.2, 0) is 4.79 Å². The fourth-order valence-electron chi connectivity index (χ4n) is 1.29. The maximum Gasteiger partial charge on any atom is 0.274 e. The number of hydrogen-bond donors (Lipinski definition) is 2. The summed E-state index contributed by atoms with van der Waals surface area (Å²) in [6, 6.07) is 5.79. The number of hydrogen-bond acceptors (Lipinski definition) is 3. The van der Waals surface area contributed by atoms with Crippen LogP contribution in [0, 0.1) is 13.8 Å². The molecule has 0 saturated heterocycles. The number of nitrogens with one attached hydrogen (secondary N) is 1. The lowest BCUT2D eigenvalue weighted by atomic mass is 10.1. The van der Waals surface area contributed by atoms with E-state index < -0.39 is 6.10 Å². The highest BCUT2D eigenvalue weighted by atomic mass is 16.5. The number of carbonyl (C=O) groups excluding carboxylic acids is 1. The van der Waals surface area contributed by atoms with Crippen LogP contribution >= 0.6 is 0 Å². The maximum atomic E-state index is 11.1. The number of nitrogens with two attached hydrogens (primary N) is 1. The third-order valence-corrected chi connectivity index (χ3v) is 2.15. The Kier molecular flexibility index (Phi) is 3.68. The Labute approximate surface area is 89.4 Å². The van der Waals surface area contributed by atoms with Gasteiger partial charge in [0, 0.05) is 0 Å². The van der Waals surface area contributed by atoms with Gasteiger partial charge < -0.3 is 4.74 Å². The van der Waals surface area contributed by atoms with Gasteiger partial charge in [0.2, 0.25) is 0 Å². The van der Waals surface area contributed by atoms with Gasteiger partial charge in [-0.05, 0) is 32.4 Å². The van der Waals surface area contributed by atoms with Crippen LogP contribution in [0.4, 0.5) is 0 Å². The van der Waals surface area contributed by atoms with E-state index in [9.17, 15) is 4.79 Å². The monoisotopic (exact) mass is 208 g/mol. The van der Waals surface area contributed by atoms with E-state index in [1.165, 1.54) is 0 Å². The van der Waals surface area contributed by atoms with E-state index >= 15 is 0 Å². The molecule has 0 aromatic heterocycles. The number of hydrazine groups is 1. The zero-order valence-corrected chi connectivity index (χ0v) is 9.20. The summed E-state index contributed by atoms with van der Waals surface area (Å²) in [7, 11) is 0. The number of rotatable bonds is 3. The van der Waals surface area contributed by atoms with Gasteiger partial charge in [0.1, 0.15) is 5.75 Å². The van der Waals surface area contributed by atoms with Crippen molar-refractivity contribution >= 4 is 5.91 Å². The molecule has 0 unspecified atom stereocenters. The molecule has 0 aliphatic rings. The van der Waals surface area contributed by atoms with E-state index in [1.807, 2.05) is 32.0 Å². The molecule has 0 heterocycles. The van der Waals surface area contributed by atoms with Gasteiger partial charge in [-0.2, -0.15) is 0 Å². The van der Waals surface area contributed by atoms with Crippen molar-refractivity contribution < 1.29 is 9.53 Å². The zero-order valence-electron chi connectivity index (χ0n) is 9.20. The molecule has 15 heavy (non-hydrogen) atoms. The molecule has 1 aromatic rings. The lowest BCUT2D eigenvalue weighted by Gasteiger charge is -2.14. The SMILES string of the molecule is Cc1ccc(O[C@H](C)C(=O)NN)c(C)c1. The highest BCUT2D eigenvalue weighted by Gasteiger charge is 2.13. The van der Waals surface area contributed by atoms with Crippen LogP contribution in [0.15, 0.2) is 18.2 Å². The lowest BCUT2D eigenvalue weighted by molar-refractivity contribution is -0.127. The second kappa shape index (κ2) is 4.79. The molecule has 4 nitrogen and oxygen atoms in total. The van der Waals surface area contributed by atoms with Gasteiger partial charge in [-0.25, -0.2) is 5.84 Å². The summed E-state index contributed by atoms with van der Waals surface area (Å²) in [6.07, 6.45) is -0.587. The van der Waals surface area contributed by atoms with Gasteiger partial charge in [-0.1, -0.05) is 17.7 Å². The molecule has 0 spiro atoms. The highest BCUT2D eigenvalue weighted by Crippen LogP contribution is 2.19. The molecule has 3 N–H and O–H groups in total. The van der Waals surface area contributed by atoms with Crippen molar-refractivity contribution in [2.75, 3.05) is 0 Å². The van der Waals surface area contributed by atoms with Crippen molar-refractivity contribution in [1.82, 2.24) is 5.43 Å². The van der Waals surface area contributed by atoms with E-state index in [2.05, 4.69) is 5.43 Å². The maximum absolute atomic E-state index is 11.1. The molecule has 0 bridgehead atoms. The minimum atomic E-state index is -0.587. The predicted octanol–water partition coefficient (Wildman–Crippen LogP) is 1.06. The second-order valence-electron chi connectivity index (χ2n) is 3.54. The number of ether oxygens (including phenoxy) is 1. The lowest BCUT2D eigenvalue weighted by Crippen LogP contribution is -2.40. The summed E-state index contributed by atoms with van der Waals surface area (Å²) >= 11 is 0. The smallest absolute Gasteiger partial charge is 0.274 e. The van der Waals surface area contributed by atoms with Crippen molar-refractivity contribution in [2.45, 2.75) is 26.9 Å². The van der Waals surface area contributed by atoms with E-state index in [0.29, 0.717) is 5.75 Å². The molecule has 1 atom stereocenters. The van der Waals surface area contributed by atoms with Crippen LogP contribution in [-0.4, -0.2) is 12.0 Å². The molecule has 0 aliphatic heterocycles. The topological polar surface area (TPSA) is 64.3 Å². The normalized spacial score (nSPS) is 12.0. The summed E-state index contributed by atoms with van der Waals surface area (Å²) in [6.45, 7) is 5.60. The molecule has 0 radical (unpaired) electrons. The Morgan fingerprint density at radius 3 is 2.67 bits per heavy atom. The van der Waals surface area contributed by atoms with Crippen molar-refractivity contribution in [3.8, 4) is 5.75 Å². The van der Waals surface area contributed by atoms with E-state index in [-0.39, 0.29) is 5.91 Å². The van der Waals surface area contributed by atoms with Gasteiger partial charge in [-0.15, -0.1) is 0 Å². The molecule has 0 aliphatic carbocycles. The van der Waals surface area contributed by atoms with Crippen molar-refractivity contribution in [3.63, 3.8) is 0 Å². The Morgan fingerprint density at radius 2 is 2.13 bits per heavy atom. The first kappa shape index (κ1) is 11.5. The summed E-state index contributed by atoms with van der Waals surface area (Å²) in [4.78, 5) is 11.1. The summed E-state index contributed by atoms with van der Waals surface area (Å²) < 4.78 is 5.46. The quantitative estimate of drug-likeness (QED) is 0.443. The van der Waals surface area contributed by atoms with Crippen LogP contribution in [0.2, 0.25) is 0 Å². The van der Waals surface area contributed by atoms with Crippen LogP contribution in [0.1, 0.15) is 18.1 Å².